The summed E-state index contributed by atoms with van der Waals surface area (Å²) in [6.07, 6.45) is 0.546. The van der Waals surface area contributed by atoms with Gasteiger partial charge in [-0.3, -0.25) is 9.59 Å². The SMILES string of the molecule is Cc1ccc(NC(=O)C2CC2C(=O)Nc2ccc(Cl)cc2)cc1Cl. The van der Waals surface area contributed by atoms with Gasteiger partial charge in [-0.05, 0) is 55.3 Å². The minimum absolute atomic E-state index is 0.153. The van der Waals surface area contributed by atoms with Gasteiger partial charge in [-0.15, -0.1) is 0 Å². The average molecular weight is 363 g/mol. The fourth-order valence-corrected chi connectivity index (χ4v) is 2.75. The number of hydrogen-bond donors (Lipinski definition) is 2. The van der Waals surface area contributed by atoms with E-state index in [1.54, 1.807) is 36.4 Å². The molecule has 0 bridgehead atoms. The summed E-state index contributed by atoms with van der Waals surface area (Å²) in [5.41, 5.74) is 2.25. The highest BCUT2D eigenvalue weighted by Gasteiger charge is 2.48. The van der Waals surface area contributed by atoms with Crippen molar-refractivity contribution in [1.82, 2.24) is 0 Å². The van der Waals surface area contributed by atoms with Crippen LogP contribution in [0.25, 0.3) is 0 Å². The lowest BCUT2D eigenvalue weighted by atomic mass is 10.2. The molecule has 2 amide bonds. The highest BCUT2D eigenvalue weighted by atomic mass is 35.5. The summed E-state index contributed by atoms with van der Waals surface area (Å²) in [5, 5.41) is 6.81. The van der Waals surface area contributed by atoms with Gasteiger partial charge in [0.15, 0.2) is 0 Å². The van der Waals surface area contributed by atoms with E-state index in [1.165, 1.54) is 0 Å². The quantitative estimate of drug-likeness (QED) is 0.839. The summed E-state index contributed by atoms with van der Waals surface area (Å²) >= 11 is 11.9. The summed E-state index contributed by atoms with van der Waals surface area (Å²) in [6.45, 7) is 1.89. The molecule has 0 spiro atoms. The van der Waals surface area contributed by atoms with E-state index in [0.717, 1.165) is 5.56 Å². The van der Waals surface area contributed by atoms with Gasteiger partial charge in [0, 0.05) is 21.4 Å². The van der Waals surface area contributed by atoms with Crippen LogP contribution < -0.4 is 10.6 Å². The Kier molecular flexibility index (Phi) is 4.78. The molecule has 0 radical (unpaired) electrons. The fraction of sp³-hybridized carbons (Fsp3) is 0.222. The number of hydrogen-bond acceptors (Lipinski definition) is 2. The van der Waals surface area contributed by atoms with E-state index in [-0.39, 0.29) is 23.7 Å². The van der Waals surface area contributed by atoms with E-state index < -0.39 is 0 Å². The van der Waals surface area contributed by atoms with Crippen LogP contribution in [0.3, 0.4) is 0 Å². The number of benzene rings is 2. The third-order valence-corrected chi connectivity index (χ3v) is 4.67. The van der Waals surface area contributed by atoms with Crippen molar-refractivity contribution >= 4 is 46.4 Å². The molecule has 2 atom stereocenters. The number of carbonyl (C=O) groups is 2. The minimum atomic E-state index is -0.308. The summed E-state index contributed by atoms with van der Waals surface area (Å²) in [5.74, 6) is -0.926. The molecule has 24 heavy (non-hydrogen) atoms. The third kappa shape index (κ3) is 3.89. The summed E-state index contributed by atoms with van der Waals surface area (Å²) in [7, 11) is 0. The Balaban J connectivity index is 1.55. The molecule has 0 aromatic heterocycles. The maximum absolute atomic E-state index is 12.2. The summed E-state index contributed by atoms with van der Waals surface area (Å²) in [6, 6.07) is 12.2. The van der Waals surface area contributed by atoms with E-state index >= 15 is 0 Å². The molecule has 2 N–H and O–H groups in total. The van der Waals surface area contributed by atoms with Crippen LogP contribution in [-0.4, -0.2) is 11.8 Å². The normalized spacial score (nSPS) is 18.8. The maximum atomic E-state index is 12.2. The molecular formula is C18H16Cl2N2O2. The van der Waals surface area contributed by atoms with Crippen molar-refractivity contribution in [3.05, 3.63) is 58.1 Å². The van der Waals surface area contributed by atoms with Gasteiger partial charge in [0.1, 0.15) is 0 Å². The molecule has 1 fully saturated rings. The zero-order valence-corrected chi connectivity index (χ0v) is 14.5. The summed E-state index contributed by atoms with van der Waals surface area (Å²) < 4.78 is 0. The van der Waals surface area contributed by atoms with Crippen LogP contribution in [-0.2, 0) is 9.59 Å². The molecule has 1 aliphatic carbocycles. The molecule has 6 heteroatoms. The highest BCUT2D eigenvalue weighted by molar-refractivity contribution is 6.31. The molecule has 0 saturated heterocycles. The maximum Gasteiger partial charge on any atom is 0.228 e. The highest BCUT2D eigenvalue weighted by Crippen LogP contribution is 2.40. The van der Waals surface area contributed by atoms with Gasteiger partial charge in [-0.2, -0.15) is 0 Å². The summed E-state index contributed by atoms with van der Waals surface area (Å²) in [4.78, 5) is 24.4. The fourth-order valence-electron chi connectivity index (χ4n) is 2.45. The van der Waals surface area contributed by atoms with Gasteiger partial charge in [0.05, 0.1) is 11.8 Å². The van der Waals surface area contributed by atoms with Crippen molar-refractivity contribution in [3.8, 4) is 0 Å². The molecular weight excluding hydrogens is 347 g/mol. The first-order valence-electron chi connectivity index (χ1n) is 7.57. The largest absolute Gasteiger partial charge is 0.326 e. The number of rotatable bonds is 4. The smallest absolute Gasteiger partial charge is 0.228 e. The van der Waals surface area contributed by atoms with Gasteiger partial charge in [0.2, 0.25) is 11.8 Å². The molecule has 2 aromatic rings. The Morgan fingerprint density at radius 1 is 0.917 bits per heavy atom. The predicted molar refractivity (Wildman–Crippen MR) is 96.5 cm³/mol. The first-order chi connectivity index (χ1) is 11.4. The van der Waals surface area contributed by atoms with Crippen LogP contribution >= 0.6 is 23.2 Å². The van der Waals surface area contributed by atoms with E-state index in [4.69, 9.17) is 23.2 Å². The Morgan fingerprint density at radius 3 is 2.04 bits per heavy atom. The molecule has 1 saturated carbocycles. The third-order valence-electron chi connectivity index (χ3n) is 4.02. The van der Waals surface area contributed by atoms with Crippen LogP contribution in [0, 0.1) is 18.8 Å². The molecule has 0 aliphatic heterocycles. The number of anilines is 2. The lowest BCUT2D eigenvalue weighted by Crippen LogP contribution is -2.20. The van der Waals surface area contributed by atoms with Crippen molar-refractivity contribution in [1.29, 1.82) is 0 Å². The number of halogens is 2. The van der Waals surface area contributed by atoms with E-state index in [2.05, 4.69) is 10.6 Å². The standard InChI is InChI=1S/C18H16Cl2N2O2/c1-10-2-5-13(8-16(10)20)22-18(24)15-9-14(15)17(23)21-12-6-3-11(19)4-7-12/h2-8,14-15H,9H2,1H3,(H,21,23)(H,22,24). The van der Waals surface area contributed by atoms with Crippen molar-refractivity contribution < 1.29 is 9.59 Å². The zero-order chi connectivity index (χ0) is 17.3. The molecule has 4 nitrogen and oxygen atoms in total. The Hall–Kier alpha value is -2.04. The van der Waals surface area contributed by atoms with E-state index in [0.29, 0.717) is 27.8 Å². The van der Waals surface area contributed by atoms with Crippen LogP contribution in [0.2, 0.25) is 10.0 Å². The number of amides is 2. The van der Waals surface area contributed by atoms with E-state index in [1.807, 2.05) is 13.0 Å². The first-order valence-corrected chi connectivity index (χ1v) is 8.33. The minimum Gasteiger partial charge on any atom is -0.326 e. The van der Waals surface area contributed by atoms with Gasteiger partial charge >= 0.3 is 0 Å². The molecule has 2 aromatic carbocycles. The molecule has 2 unspecified atom stereocenters. The lowest BCUT2D eigenvalue weighted by Gasteiger charge is -2.07. The van der Waals surface area contributed by atoms with Gasteiger partial charge in [-0.25, -0.2) is 0 Å². The Labute approximate surface area is 150 Å². The first kappa shape index (κ1) is 16.8. The van der Waals surface area contributed by atoms with Gasteiger partial charge < -0.3 is 10.6 Å². The molecule has 1 aliphatic rings. The van der Waals surface area contributed by atoms with Crippen LogP contribution in [0.15, 0.2) is 42.5 Å². The zero-order valence-electron chi connectivity index (χ0n) is 13.0. The van der Waals surface area contributed by atoms with Crippen LogP contribution in [0.4, 0.5) is 11.4 Å². The molecule has 124 valence electrons. The van der Waals surface area contributed by atoms with Crippen molar-refractivity contribution in [3.63, 3.8) is 0 Å². The van der Waals surface area contributed by atoms with Crippen LogP contribution in [0.5, 0.6) is 0 Å². The number of nitrogens with one attached hydrogen (secondary N) is 2. The van der Waals surface area contributed by atoms with Crippen molar-refractivity contribution in [2.45, 2.75) is 13.3 Å². The Morgan fingerprint density at radius 2 is 1.46 bits per heavy atom. The monoisotopic (exact) mass is 362 g/mol. The topological polar surface area (TPSA) is 58.2 Å². The van der Waals surface area contributed by atoms with Crippen molar-refractivity contribution in [2.24, 2.45) is 11.8 Å². The number of carbonyl (C=O) groups excluding carboxylic acids is 2. The molecule has 3 rings (SSSR count). The average Bonchev–Trinajstić information content (AvgIpc) is 3.34. The second-order valence-corrected chi connectivity index (χ2v) is 6.74. The van der Waals surface area contributed by atoms with Crippen LogP contribution in [0.1, 0.15) is 12.0 Å². The van der Waals surface area contributed by atoms with Gasteiger partial charge in [0.25, 0.3) is 0 Å². The molecule has 0 heterocycles. The second kappa shape index (κ2) is 6.83. The van der Waals surface area contributed by atoms with Gasteiger partial charge in [-0.1, -0.05) is 29.3 Å². The lowest BCUT2D eigenvalue weighted by molar-refractivity contribution is -0.122. The number of aryl methyl sites for hydroxylation is 1. The van der Waals surface area contributed by atoms with E-state index in [9.17, 15) is 9.59 Å². The van der Waals surface area contributed by atoms with Crippen molar-refractivity contribution in [2.75, 3.05) is 10.6 Å². The predicted octanol–water partition coefficient (Wildman–Crippen LogP) is 4.52. The second-order valence-electron chi connectivity index (χ2n) is 5.90. The Bertz CT molecular complexity index is 790.